The van der Waals surface area contributed by atoms with Gasteiger partial charge < -0.3 is 15.6 Å². The molecule has 0 spiro atoms. The summed E-state index contributed by atoms with van der Waals surface area (Å²) >= 11 is 0. The first-order chi connectivity index (χ1) is 12.0. The van der Waals surface area contributed by atoms with Crippen molar-refractivity contribution in [3.05, 3.63) is 23.3 Å². The van der Waals surface area contributed by atoms with Gasteiger partial charge >= 0.3 is 0 Å². The number of nitrogens with two attached hydrogens (primary N) is 1. The van der Waals surface area contributed by atoms with Crippen LogP contribution in [0.3, 0.4) is 0 Å². The number of hydrogen-bond acceptors (Lipinski definition) is 3. The van der Waals surface area contributed by atoms with Crippen LogP contribution in [0.15, 0.2) is 12.1 Å². The van der Waals surface area contributed by atoms with E-state index in [0.29, 0.717) is 23.0 Å². The molecule has 3 nitrogen and oxygen atoms in total. The van der Waals surface area contributed by atoms with E-state index < -0.39 is 0 Å². The van der Waals surface area contributed by atoms with Crippen molar-refractivity contribution in [2.75, 3.05) is 13.7 Å². The van der Waals surface area contributed by atoms with Gasteiger partial charge in [-0.1, -0.05) is 13.8 Å². The van der Waals surface area contributed by atoms with Gasteiger partial charge in [-0.3, -0.25) is 0 Å². The lowest BCUT2D eigenvalue weighted by Crippen LogP contribution is -2.44. The standard InChI is InChI=1S/C22H33NO2/c1-13(12-23)18-6-7-19-16-5-4-14-10-20(24)21(25-3)11-17(14)15(16)8-9-22(18,19)2/h10-11,13,15-16,18-19,24H,4-9,12,23H2,1-3H3/t13-,15+,16-,18-,19+,22-/m1/s1. The van der Waals surface area contributed by atoms with E-state index in [1.54, 1.807) is 7.11 Å². The van der Waals surface area contributed by atoms with Crippen LogP contribution in [-0.4, -0.2) is 18.8 Å². The highest BCUT2D eigenvalue weighted by Crippen LogP contribution is 2.64. The number of phenols is 1. The fourth-order valence-corrected chi connectivity index (χ4v) is 6.89. The van der Waals surface area contributed by atoms with Crippen LogP contribution in [-0.2, 0) is 6.42 Å². The van der Waals surface area contributed by atoms with E-state index in [0.717, 1.165) is 30.7 Å². The second kappa shape index (κ2) is 6.19. The molecule has 1 aromatic rings. The molecule has 0 aliphatic heterocycles. The van der Waals surface area contributed by atoms with Crippen LogP contribution < -0.4 is 10.5 Å². The number of aromatic hydroxyl groups is 1. The summed E-state index contributed by atoms with van der Waals surface area (Å²) in [4.78, 5) is 0. The Morgan fingerprint density at radius 1 is 1.28 bits per heavy atom. The number of methoxy groups -OCH3 is 1. The Hall–Kier alpha value is -1.22. The molecule has 6 atom stereocenters. The van der Waals surface area contributed by atoms with Gasteiger partial charge in [-0.05, 0) is 103 Å². The molecule has 0 bridgehead atoms. The summed E-state index contributed by atoms with van der Waals surface area (Å²) in [6, 6.07) is 4.07. The Morgan fingerprint density at radius 3 is 2.80 bits per heavy atom. The third-order valence-corrected chi connectivity index (χ3v) is 8.16. The van der Waals surface area contributed by atoms with E-state index in [1.165, 1.54) is 43.2 Å². The van der Waals surface area contributed by atoms with Crippen LogP contribution in [0, 0.1) is 29.1 Å². The minimum Gasteiger partial charge on any atom is -0.504 e. The molecule has 3 aliphatic carbocycles. The minimum absolute atomic E-state index is 0.290. The van der Waals surface area contributed by atoms with Crippen molar-refractivity contribution >= 4 is 0 Å². The van der Waals surface area contributed by atoms with E-state index >= 15 is 0 Å². The number of ether oxygens (including phenoxy) is 1. The molecule has 4 rings (SSSR count). The van der Waals surface area contributed by atoms with Crippen LogP contribution in [0.25, 0.3) is 0 Å². The summed E-state index contributed by atoms with van der Waals surface area (Å²) in [5, 5.41) is 10.1. The van der Waals surface area contributed by atoms with Crippen molar-refractivity contribution < 1.29 is 9.84 Å². The Morgan fingerprint density at radius 2 is 2.08 bits per heavy atom. The molecule has 2 fully saturated rings. The maximum Gasteiger partial charge on any atom is 0.160 e. The van der Waals surface area contributed by atoms with Gasteiger partial charge in [0.2, 0.25) is 0 Å². The number of aryl methyl sites for hydroxylation is 1. The zero-order chi connectivity index (χ0) is 17.8. The molecule has 0 unspecified atom stereocenters. The predicted octanol–water partition coefficient (Wildman–Crippen LogP) is 4.47. The monoisotopic (exact) mass is 343 g/mol. The van der Waals surface area contributed by atoms with Gasteiger partial charge in [0.25, 0.3) is 0 Å². The third kappa shape index (κ3) is 2.50. The number of rotatable bonds is 3. The van der Waals surface area contributed by atoms with Gasteiger partial charge in [-0.15, -0.1) is 0 Å². The van der Waals surface area contributed by atoms with Gasteiger partial charge in [0.1, 0.15) is 0 Å². The summed E-state index contributed by atoms with van der Waals surface area (Å²) in [6.07, 6.45) is 7.68. The molecule has 1 aromatic carbocycles. The molecule has 25 heavy (non-hydrogen) atoms. The number of hydrogen-bond donors (Lipinski definition) is 2. The van der Waals surface area contributed by atoms with Crippen molar-refractivity contribution in [2.45, 2.75) is 58.3 Å². The van der Waals surface area contributed by atoms with E-state index in [1.807, 2.05) is 6.07 Å². The highest BCUT2D eigenvalue weighted by molar-refractivity contribution is 5.49. The maximum absolute atomic E-state index is 10.1. The second-order valence-corrected chi connectivity index (χ2v) is 9.08. The highest BCUT2D eigenvalue weighted by atomic mass is 16.5. The SMILES string of the molecule is COc1cc2c(cc1O)CC[C@@H]1[C@@H]2CC[C@]2(C)[C@@H]([C@H](C)CN)CC[C@@H]12. The molecule has 0 saturated heterocycles. The number of phenolic OH excluding ortho intramolecular Hbond substituents is 1. The Kier molecular flexibility index (Phi) is 4.26. The maximum atomic E-state index is 10.1. The lowest BCUT2D eigenvalue weighted by Gasteiger charge is -2.52. The molecular weight excluding hydrogens is 310 g/mol. The van der Waals surface area contributed by atoms with Crippen molar-refractivity contribution in [2.24, 2.45) is 34.8 Å². The van der Waals surface area contributed by atoms with Crippen molar-refractivity contribution in [1.29, 1.82) is 0 Å². The van der Waals surface area contributed by atoms with Crippen molar-refractivity contribution in [3.63, 3.8) is 0 Å². The number of fused-ring (bicyclic) bond motifs is 5. The van der Waals surface area contributed by atoms with Crippen LogP contribution >= 0.6 is 0 Å². The zero-order valence-corrected chi connectivity index (χ0v) is 15.9. The lowest BCUT2D eigenvalue weighted by atomic mass is 9.53. The molecular formula is C22H33NO2. The van der Waals surface area contributed by atoms with E-state index in [9.17, 15) is 5.11 Å². The average molecular weight is 344 g/mol. The molecule has 0 aromatic heterocycles. The highest BCUT2D eigenvalue weighted by Gasteiger charge is 2.55. The first-order valence-electron chi connectivity index (χ1n) is 10.1. The molecule has 3 N–H and O–H groups in total. The van der Waals surface area contributed by atoms with Crippen LogP contribution in [0.1, 0.15) is 63.0 Å². The molecule has 138 valence electrons. The van der Waals surface area contributed by atoms with Gasteiger partial charge in [0, 0.05) is 0 Å². The first kappa shape index (κ1) is 17.2. The van der Waals surface area contributed by atoms with Gasteiger partial charge in [-0.2, -0.15) is 0 Å². The largest absolute Gasteiger partial charge is 0.504 e. The fraction of sp³-hybridized carbons (Fsp3) is 0.727. The van der Waals surface area contributed by atoms with Crippen LogP contribution in [0.2, 0.25) is 0 Å². The van der Waals surface area contributed by atoms with Gasteiger partial charge in [-0.25, -0.2) is 0 Å². The van der Waals surface area contributed by atoms with Crippen LogP contribution in [0.4, 0.5) is 0 Å². The lowest BCUT2D eigenvalue weighted by molar-refractivity contribution is 0.0127. The minimum atomic E-state index is 0.290. The van der Waals surface area contributed by atoms with E-state index in [2.05, 4.69) is 19.9 Å². The summed E-state index contributed by atoms with van der Waals surface area (Å²) in [6.45, 7) is 5.74. The zero-order valence-electron chi connectivity index (χ0n) is 15.9. The topological polar surface area (TPSA) is 55.5 Å². The normalized spacial score (nSPS) is 37.8. The molecule has 0 radical (unpaired) electrons. The van der Waals surface area contributed by atoms with Crippen molar-refractivity contribution in [3.8, 4) is 11.5 Å². The van der Waals surface area contributed by atoms with E-state index in [-0.39, 0.29) is 5.75 Å². The van der Waals surface area contributed by atoms with Gasteiger partial charge in [0.05, 0.1) is 7.11 Å². The van der Waals surface area contributed by atoms with Crippen LogP contribution in [0.5, 0.6) is 11.5 Å². The fourth-order valence-electron chi connectivity index (χ4n) is 6.89. The molecule has 3 aliphatic rings. The van der Waals surface area contributed by atoms with Gasteiger partial charge in [0.15, 0.2) is 11.5 Å². The molecule has 0 amide bonds. The molecule has 0 heterocycles. The summed E-state index contributed by atoms with van der Waals surface area (Å²) in [5.74, 6) is 4.61. The molecule has 3 heteroatoms. The first-order valence-corrected chi connectivity index (χ1v) is 10.1. The molecule has 2 saturated carbocycles. The Balaban J connectivity index is 1.66. The second-order valence-electron chi connectivity index (χ2n) is 9.08. The van der Waals surface area contributed by atoms with Crippen molar-refractivity contribution in [1.82, 2.24) is 0 Å². The Labute approximate surface area is 152 Å². The van der Waals surface area contributed by atoms with E-state index in [4.69, 9.17) is 10.5 Å². The number of benzene rings is 1. The average Bonchev–Trinajstić information content (AvgIpc) is 2.97. The summed E-state index contributed by atoms with van der Waals surface area (Å²) in [7, 11) is 1.65. The summed E-state index contributed by atoms with van der Waals surface area (Å²) in [5.41, 5.74) is 9.30. The Bertz CT molecular complexity index is 658. The smallest absolute Gasteiger partial charge is 0.160 e. The summed E-state index contributed by atoms with van der Waals surface area (Å²) < 4.78 is 5.40. The quantitative estimate of drug-likeness (QED) is 0.851. The third-order valence-electron chi connectivity index (χ3n) is 8.16. The predicted molar refractivity (Wildman–Crippen MR) is 101 cm³/mol.